The maximum Gasteiger partial charge on any atom is 0.323 e. The largest absolute Gasteiger partial charge is 0.497 e. The summed E-state index contributed by atoms with van der Waals surface area (Å²) in [5, 5.41) is 8.65. The second-order valence-corrected chi connectivity index (χ2v) is 8.81. The normalized spacial score (nSPS) is 14.2. The van der Waals surface area contributed by atoms with Crippen LogP contribution in [0.2, 0.25) is 0 Å². The number of hydrogen-bond acceptors (Lipinski definition) is 4. The minimum absolute atomic E-state index is 0.119. The lowest BCUT2D eigenvalue weighted by atomic mass is 9.97. The smallest absolute Gasteiger partial charge is 0.323 e. The lowest BCUT2D eigenvalue weighted by Gasteiger charge is -2.33. The van der Waals surface area contributed by atoms with Gasteiger partial charge in [0.2, 0.25) is 0 Å². The fourth-order valence-corrected chi connectivity index (χ4v) is 3.68. The highest BCUT2D eigenvalue weighted by atomic mass is 16.5. The average Bonchev–Trinajstić information content (AvgIpc) is 2.78. The standard InChI is InChI=1S/C25H34N4O3/c1-17(2)16-26-24(30)22-15-20(7-10-23(22)29-13-11-18(3)12-14-29)28-25(31)27-19-5-8-21(32-4)9-6-19/h5-10,15,17-18H,11-14,16H2,1-4H3,(H,26,30)(H2,27,28,31). The van der Waals surface area contributed by atoms with E-state index in [0.717, 1.165) is 37.4 Å². The number of carbonyl (C=O) groups is 2. The third-order valence-corrected chi connectivity index (χ3v) is 5.64. The molecule has 0 spiro atoms. The lowest BCUT2D eigenvalue weighted by molar-refractivity contribution is 0.0949. The van der Waals surface area contributed by atoms with Crippen LogP contribution in [-0.4, -0.2) is 38.7 Å². The molecular formula is C25H34N4O3. The minimum Gasteiger partial charge on any atom is -0.497 e. The molecule has 3 amide bonds. The summed E-state index contributed by atoms with van der Waals surface area (Å²) in [6.07, 6.45) is 2.22. The Kier molecular flexibility index (Phi) is 7.98. The molecule has 1 aliphatic heterocycles. The topological polar surface area (TPSA) is 82.7 Å². The zero-order chi connectivity index (χ0) is 23.1. The summed E-state index contributed by atoms with van der Waals surface area (Å²) in [6, 6.07) is 12.3. The second-order valence-electron chi connectivity index (χ2n) is 8.81. The Morgan fingerprint density at radius 2 is 1.66 bits per heavy atom. The minimum atomic E-state index is -0.372. The van der Waals surface area contributed by atoms with E-state index in [0.29, 0.717) is 35.3 Å². The monoisotopic (exact) mass is 438 g/mol. The van der Waals surface area contributed by atoms with Crippen molar-refractivity contribution in [3.05, 3.63) is 48.0 Å². The second kappa shape index (κ2) is 10.9. The SMILES string of the molecule is COc1ccc(NC(=O)Nc2ccc(N3CCC(C)CC3)c(C(=O)NCC(C)C)c2)cc1. The number of nitrogens with one attached hydrogen (secondary N) is 3. The molecule has 32 heavy (non-hydrogen) atoms. The van der Waals surface area contributed by atoms with Gasteiger partial charge < -0.3 is 25.6 Å². The van der Waals surface area contributed by atoms with E-state index < -0.39 is 0 Å². The molecule has 172 valence electrons. The molecule has 7 nitrogen and oxygen atoms in total. The van der Waals surface area contributed by atoms with E-state index in [-0.39, 0.29) is 11.9 Å². The number of methoxy groups -OCH3 is 1. The number of piperidine rings is 1. The van der Waals surface area contributed by atoms with E-state index in [2.05, 4.69) is 41.6 Å². The number of urea groups is 1. The van der Waals surface area contributed by atoms with E-state index in [1.807, 2.05) is 12.1 Å². The van der Waals surface area contributed by atoms with E-state index in [1.54, 1.807) is 37.4 Å². The van der Waals surface area contributed by atoms with Crippen molar-refractivity contribution in [3.63, 3.8) is 0 Å². The molecular weight excluding hydrogens is 404 g/mol. The van der Waals surface area contributed by atoms with E-state index in [4.69, 9.17) is 4.74 Å². The summed E-state index contributed by atoms with van der Waals surface area (Å²) in [7, 11) is 1.60. The summed E-state index contributed by atoms with van der Waals surface area (Å²) in [6.45, 7) is 8.85. The van der Waals surface area contributed by atoms with Gasteiger partial charge in [-0.15, -0.1) is 0 Å². The van der Waals surface area contributed by atoms with E-state index in [9.17, 15) is 9.59 Å². The molecule has 0 bridgehead atoms. The van der Waals surface area contributed by atoms with Gasteiger partial charge in [0.05, 0.1) is 12.7 Å². The van der Waals surface area contributed by atoms with Crippen molar-refractivity contribution in [1.29, 1.82) is 0 Å². The molecule has 0 aromatic heterocycles. The van der Waals surface area contributed by atoms with Crippen LogP contribution in [0.4, 0.5) is 21.9 Å². The highest BCUT2D eigenvalue weighted by molar-refractivity contribution is 6.04. The van der Waals surface area contributed by atoms with Crippen molar-refractivity contribution in [2.45, 2.75) is 33.6 Å². The molecule has 1 saturated heterocycles. The highest BCUT2D eigenvalue weighted by Gasteiger charge is 2.22. The Balaban J connectivity index is 1.76. The summed E-state index contributed by atoms with van der Waals surface area (Å²) in [5.74, 6) is 1.66. The van der Waals surface area contributed by atoms with Gasteiger partial charge in [-0.25, -0.2) is 4.79 Å². The van der Waals surface area contributed by atoms with Gasteiger partial charge in [0.1, 0.15) is 5.75 Å². The van der Waals surface area contributed by atoms with E-state index >= 15 is 0 Å². The number of benzene rings is 2. The molecule has 0 unspecified atom stereocenters. The van der Waals surface area contributed by atoms with Gasteiger partial charge in [-0.3, -0.25) is 4.79 Å². The van der Waals surface area contributed by atoms with Gasteiger partial charge in [0, 0.05) is 36.7 Å². The Labute approximate surface area is 190 Å². The molecule has 1 heterocycles. The first-order chi connectivity index (χ1) is 15.4. The molecule has 0 aliphatic carbocycles. The van der Waals surface area contributed by atoms with Crippen molar-refractivity contribution in [2.24, 2.45) is 11.8 Å². The molecule has 0 radical (unpaired) electrons. The molecule has 0 atom stereocenters. The van der Waals surface area contributed by atoms with Gasteiger partial charge in [-0.05, 0) is 67.1 Å². The maximum absolute atomic E-state index is 13.0. The van der Waals surface area contributed by atoms with Crippen LogP contribution in [0.5, 0.6) is 5.75 Å². The average molecular weight is 439 g/mol. The van der Waals surface area contributed by atoms with Crippen LogP contribution in [0.15, 0.2) is 42.5 Å². The van der Waals surface area contributed by atoms with Crippen molar-refractivity contribution < 1.29 is 14.3 Å². The molecule has 0 saturated carbocycles. The van der Waals surface area contributed by atoms with Crippen molar-refractivity contribution >= 4 is 29.0 Å². The van der Waals surface area contributed by atoms with Gasteiger partial charge in [0.25, 0.3) is 5.91 Å². The molecule has 2 aromatic carbocycles. The molecule has 1 fully saturated rings. The van der Waals surface area contributed by atoms with Crippen molar-refractivity contribution in [1.82, 2.24) is 5.32 Å². The molecule has 2 aromatic rings. The Hall–Kier alpha value is -3.22. The Morgan fingerprint density at radius 1 is 1.03 bits per heavy atom. The van der Waals surface area contributed by atoms with E-state index in [1.165, 1.54) is 0 Å². The number of nitrogens with zero attached hydrogens (tertiary/aromatic N) is 1. The zero-order valence-electron chi connectivity index (χ0n) is 19.4. The third-order valence-electron chi connectivity index (χ3n) is 5.64. The maximum atomic E-state index is 13.0. The zero-order valence-corrected chi connectivity index (χ0v) is 19.4. The van der Waals surface area contributed by atoms with Crippen LogP contribution in [-0.2, 0) is 0 Å². The molecule has 3 N–H and O–H groups in total. The van der Waals surface area contributed by atoms with Crippen LogP contribution in [0.1, 0.15) is 44.0 Å². The quantitative estimate of drug-likeness (QED) is 0.570. The predicted octanol–water partition coefficient (Wildman–Crippen LogP) is 4.96. The fourth-order valence-electron chi connectivity index (χ4n) is 3.68. The van der Waals surface area contributed by atoms with Crippen LogP contribution in [0.3, 0.4) is 0 Å². The first kappa shape index (κ1) is 23.4. The number of hydrogen-bond donors (Lipinski definition) is 3. The lowest BCUT2D eigenvalue weighted by Crippen LogP contribution is -2.35. The number of anilines is 3. The van der Waals surface area contributed by atoms with Crippen molar-refractivity contribution in [3.8, 4) is 5.75 Å². The summed E-state index contributed by atoms with van der Waals surface area (Å²) in [4.78, 5) is 27.7. The summed E-state index contributed by atoms with van der Waals surface area (Å²) in [5.41, 5.74) is 2.72. The van der Waals surface area contributed by atoms with Crippen LogP contribution in [0, 0.1) is 11.8 Å². The number of ether oxygens (including phenoxy) is 1. The van der Waals surface area contributed by atoms with Gasteiger partial charge in [-0.2, -0.15) is 0 Å². The Bertz CT molecular complexity index is 919. The number of rotatable bonds is 7. The third kappa shape index (κ3) is 6.39. The Morgan fingerprint density at radius 3 is 2.28 bits per heavy atom. The van der Waals surface area contributed by atoms with Crippen LogP contribution < -0.4 is 25.6 Å². The van der Waals surface area contributed by atoms with Crippen molar-refractivity contribution in [2.75, 3.05) is 42.3 Å². The molecule has 1 aliphatic rings. The van der Waals surface area contributed by atoms with Gasteiger partial charge in [-0.1, -0.05) is 20.8 Å². The fraction of sp³-hybridized carbons (Fsp3) is 0.440. The predicted molar refractivity (Wildman–Crippen MR) is 130 cm³/mol. The first-order valence-corrected chi connectivity index (χ1v) is 11.2. The summed E-state index contributed by atoms with van der Waals surface area (Å²) < 4.78 is 5.14. The first-order valence-electron chi connectivity index (χ1n) is 11.2. The molecule has 3 rings (SSSR count). The van der Waals surface area contributed by atoms with Crippen LogP contribution >= 0.6 is 0 Å². The summed E-state index contributed by atoms with van der Waals surface area (Å²) >= 11 is 0. The van der Waals surface area contributed by atoms with Gasteiger partial charge >= 0.3 is 6.03 Å². The van der Waals surface area contributed by atoms with Crippen LogP contribution in [0.25, 0.3) is 0 Å². The number of amides is 3. The highest BCUT2D eigenvalue weighted by Crippen LogP contribution is 2.29. The number of carbonyl (C=O) groups excluding carboxylic acids is 2. The molecule has 7 heteroatoms. The van der Waals surface area contributed by atoms with Gasteiger partial charge in [0.15, 0.2) is 0 Å².